The van der Waals surface area contributed by atoms with Gasteiger partial charge < -0.3 is 19.4 Å². The number of rotatable bonds is 13. The molecule has 0 radical (unpaired) electrons. The van der Waals surface area contributed by atoms with Crippen LogP contribution in [0.2, 0.25) is 0 Å². The fraction of sp³-hybridized carbons (Fsp3) is 0.652. The predicted molar refractivity (Wildman–Crippen MR) is 121 cm³/mol. The average molecular weight is 489 g/mol. The molecule has 0 spiro atoms. The lowest BCUT2D eigenvalue weighted by Gasteiger charge is -2.22. The van der Waals surface area contributed by atoms with Crippen molar-refractivity contribution in [1.29, 1.82) is 0 Å². The summed E-state index contributed by atoms with van der Waals surface area (Å²) in [4.78, 5) is 44.6. The Kier molecular flexibility index (Phi) is 12.0. The molecule has 34 heavy (non-hydrogen) atoms. The summed E-state index contributed by atoms with van der Waals surface area (Å²) in [7, 11) is 4.96. The number of carbonyl (C=O) groups excluding carboxylic acids is 3. The molecule has 1 atom stereocenters. The average Bonchev–Trinajstić information content (AvgIpc) is 2.76. The minimum Gasteiger partial charge on any atom is -0.459 e. The first-order valence-electron chi connectivity index (χ1n) is 11.3. The molecule has 1 aromatic heterocycles. The van der Waals surface area contributed by atoms with Crippen molar-refractivity contribution < 1.29 is 32.3 Å². The Hall–Kier alpha value is -2.69. The van der Waals surface area contributed by atoms with Gasteiger partial charge in [-0.05, 0) is 52.9 Å². The highest BCUT2D eigenvalue weighted by Gasteiger charge is 2.41. The Labute approximate surface area is 199 Å². The van der Waals surface area contributed by atoms with Gasteiger partial charge in [0.25, 0.3) is 0 Å². The van der Waals surface area contributed by atoms with Crippen LogP contribution in [0.25, 0.3) is 0 Å². The van der Waals surface area contributed by atoms with Crippen molar-refractivity contribution in [2.75, 3.05) is 47.3 Å². The molecule has 1 rings (SSSR count). The van der Waals surface area contributed by atoms with E-state index in [1.54, 1.807) is 13.0 Å². The summed E-state index contributed by atoms with van der Waals surface area (Å²) >= 11 is 0. The van der Waals surface area contributed by atoms with E-state index in [1.807, 2.05) is 30.8 Å². The maximum Gasteiger partial charge on any atom is 0.471 e. The summed E-state index contributed by atoms with van der Waals surface area (Å²) in [6.45, 7) is 5.39. The highest BCUT2D eigenvalue weighted by Crippen LogP contribution is 2.18. The van der Waals surface area contributed by atoms with Crippen LogP contribution >= 0.6 is 0 Å². The third-order valence-electron chi connectivity index (χ3n) is 5.20. The van der Waals surface area contributed by atoms with E-state index < -0.39 is 24.2 Å². The van der Waals surface area contributed by atoms with Gasteiger partial charge in [-0.15, -0.1) is 0 Å². The van der Waals surface area contributed by atoms with Gasteiger partial charge in [-0.3, -0.25) is 14.6 Å². The number of aryl methyl sites for hydroxylation is 1. The van der Waals surface area contributed by atoms with E-state index in [4.69, 9.17) is 4.74 Å². The summed E-state index contributed by atoms with van der Waals surface area (Å²) in [5.74, 6) is -2.50. The summed E-state index contributed by atoms with van der Waals surface area (Å²) in [6.07, 6.45) is -2.62. The quantitative estimate of drug-likeness (QED) is 0.397. The molecule has 0 saturated carbocycles. The normalized spacial score (nSPS) is 12.4. The Morgan fingerprint density at radius 1 is 1.12 bits per heavy atom. The Morgan fingerprint density at radius 2 is 1.79 bits per heavy atom. The Balaban J connectivity index is 2.53. The minimum absolute atomic E-state index is 0.0614. The van der Waals surface area contributed by atoms with Crippen molar-refractivity contribution in [3.8, 4) is 0 Å². The zero-order valence-electron chi connectivity index (χ0n) is 20.5. The molecule has 8 nitrogen and oxygen atoms in total. The van der Waals surface area contributed by atoms with Crippen LogP contribution in [0, 0.1) is 0 Å². The van der Waals surface area contributed by atoms with Crippen molar-refractivity contribution in [3.63, 3.8) is 0 Å². The fourth-order valence-electron chi connectivity index (χ4n) is 3.10. The van der Waals surface area contributed by atoms with Crippen LogP contribution in [-0.4, -0.2) is 97.1 Å². The van der Waals surface area contributed by atoms with Crippen LogP contribution in [0.5, 0.6) is 0 Å². The van der Waals surface area contributed by atoms with Gasteiger partial charge in [0.05, 0.1) is 5.56 Å². The van der Waals surface area contributed by atoms with E-state index in [9.17, 15) is 27.6 Å². The number of alkyl halides is 3. The standard InChI is InChI=1S/C23H35F3N4O4/c1-6-30(15-14-28(3)4)20(31)9-7-8-19-16-18(10-12-27-19)21(32)34-17(2)11-13-29(5)22(33)23(24,25)26/h10,12,16-17H,6-9,11,13-15H2,1-5H3. The number of pyridine rings is 1. The zero-order chi connectivity index (χ0) is 25.9. The highest BCUT2D eigenvalue weighted by atomic mass is 19.4. The molecule has 11 heteroatoms. The largest absolute Gasteiger partial charge is 0.471 e. The first kappa shape index (κ1) is 29.3. The molecule has 192 valence electrons. The zero-order valence-corrected chi connectivity index (χ0v) is 20.5. The van der Waals surface area contributed by atoms with Gasteiger partial charge in [-0.2, -0.15) is 13.2 Å². The summed E-state index contributed by atoms with van der Waals surface area (Å²) in [6, 6.07) is 3.07. The van der Waals surface area contributed by atoms with Gasteiger partial charge in [0, 0.05) is 58.0 Å². The fourth-order valence-corrected chi connectivity index (χ4v) is 3.10. The lowest BCUT2D eigenvalue weighted by atomic mass is 10.1. The molecule has 1 heterocycles. The van der Waals surface area contributed by atoms with Gasteiger partial charge in [0.1, 0.15) is 6.10 Å². The maximum absolute atomic E-state index is 12.4. The lowest BCUT2D eigenvalue weighted by Crippen LogP contribution is -2.39. The molecule has 0 saturated heterocycles. The predicted octanol–water partition coefficient (Wildman–Crippen LogP) is 2.77. The van der Waals surface area contributed by atoms with Crippen molar-refractivity contribution in [1.82, 2.24) is 19.7 Å². The SMILES string of the molecule is CCN(CCN(C)C)C(=O)CCCc1cc(C(=O)OC(C)CCN(C)C(=O)C(F)(F)F)ccn1. The van der Waals surface area contributed by atoms with Crippen molar-refractivity contribution in [2.24, 2.45) is 0 Å². The molecule has 0 aliphatic rings. The molecular weight excluding hydrogens is 453 g/mol. The molecule has 0 fully saturated rings. The van der Waals surface area contributed by atoms with Gasteiger partial charge >= 0.3 is 18.1 Å². The van der Waals surface area contributed by atoms with Crippen molar-refractivity contribution >= 4 is 17.8 Å². The number of ether oxygens (including phenoxy) is 1. The van der Waals surface area contributed by atoms with E-state index in [0.717, 1.165) is 13.6 Å². The third-order valence-corrected chi connectivity index (χ3v) is 5.20. The number of nitrogens with zero attached hydrogens (tertiary/aromatic N) is 4. The number of carbonyl (C=O) groups is 3. The Morgan fingerprint density at radius 3 is 2.38 bits per heavy atom. The van der Waals surface area contributed by atoms with Gasteiger partial charge in [-0.25, -0.2) is 4.79 Å². The van der Waals surface area contributed by atoms with Crippen LogP contribution in [0.1, 0.15) is 49.2 Å². The minimum atomic E-state index is -4.94. The van der Waals surface area contributed by atoms with Gasteiger partial charge in [0.2, 0.25) is 5.91 Å². The molecule has 0 aliphatic heterocycles. The van der Waals surface area contributed by atoms with E-state index in [-0.39, 0.29) is 24.4 Å². The summed E-state index contributed by atoms with van der Waals surface area (Å²) in [5, 5.41) is 0. The number of aromatic nitrogens is 1. The molecular formula is C23H35F3N4O4. The van der Waals surface area contributed by atoms with Crippen LogP contribution in [0.3, 0.4) is 0 Å². The molecule has 2 amide bonds. The lowest BCUT2D eigenvalue weighted by molar-refractivity contribution is -0.184. The second-order valence-corrected chi connectivity index (χ2v) is 8.40. The molecule has 0 bridgehead atoms. The number of halogens is 3. The molecule has 1 unspecified atom stereocenters. The Bertz CT molecular complexity index is 818. The van der Waals surface area contributed by atoms with Crippen LogP contribution < -0.4 is 0 Å². The van der Waals surface area contributed by atoms with Crippen molar-refractivity contribution in [3.05, 3.63) is 29.6 Å². The van der Waals surface area contributed by atoms with E-state index in [0.29, 0.717) is 42.9 Å². The van der Waals surface area contributed by atoms with Gasteiger partial charge in [-0.1, -0.05) is 0 Å². The van der Waals surface area contributed by atoms with Crippen LogP contribution in [0.15, 0.2) is 18.3 Å². The van der Waals surface area contributed by atoms with Crippen molar-refractivity contribution in [2.45, 2.75) is 51.8 Å². The molecule has 0 aliphatic carbocycles. The molecule has 0 N–H and O–H groups in total. The van der Waals surface area contributed by atoms with Crippen LogP contribution in [0.4, 0.5) is 13.2 Å². The smallest absolute Gasteiger partial charge is 0.459 e. The van der Waals surface area contributed by atoms with E-state index in [1.165, 1.54) is 12.3 Å². The second-order valence-electron chi connectivity index (χ2n) is 8.40. The number of amides is 2. The van der Waals surface area contributed by atoms with Crippen LogP contribution in [-0.2, 0) is 20.7 Å². The number of hydrogen-bond donors (Lipinski definition) is 0. The highest BCUT2D eigenvalue weighted by molar-refractivity contribution is 5.89. The summed E-state index contributed by atoms with van der Waals surface area (Å²) in [5.41, 5.74) is 0.908. The molecule has 0 aromatic carbocycles. The second kappa shape index (κ2) is 13.9. The van der Waals surface area contributed by atoms with Gasteiger partial charge in [0.15, 0.2) is 0 Å². The summed E-state index contributed by atoms with van der Waals surface area (Å²) < 4.78 is 42.6. The number of hydrogen-bond acceptors (Lipinski definition) is 6. The number of esters is 1. The topological polar surface area (TPSA) is 83.1 Å². The maximum atomic E-state index is 12.4. The van der Waals surface area contributed by atoms with E-state index in [2.05, 4.69) is 4.98 Å². The first-order chi connectivity index (χ1) is 15.8. The van der Waals surface area contributed by atoms with E-state index >= 15 is 0 Å². The molecule has 1 aromatic rings. The monoisotopic (exact) mass is 488 g/mol. The number of likely N-dealkylation sites (N-methyl/N-ethyl adjacent to an activating group) is 2. The first-order valence-corrected chi connectivity index (χ1v) is 11.3. The third kappa shape index (κ3) is 10.5.